The summed E-state index contributed by atoms with van der Waals surface area (Å²) in [6.45, 7) is 0. The average Bonchev–Trinajstić information content (AvgIpc) is 2.50. The van der Waals surface area contributed by atoms with Crippen molar-refractivity contribution in [2.24, 2.45) is 0 Å². The van der Waals surface area contributed by atoms with E-state index in [1.54, 1.807) is 12.1 Å². The van der Waals surface area contributed by atoms with Crippen LogP contribution in [0.2, 0.25) is 5.02 Å². The van der Waals surface area contributed by atoms with Crippen LogP contribution in [0, 0.1) is 5.82 Å². The van der Waals surface area contributed by atoms with E-state index in [1.807, 2.05) is 0 Å². The number of pyridine rings is 1. The Kier molecular flexibility index (Phi) is 5.55. The number of nitrogens with zero attached hydrogens (tertiary/aromatic N) is 2. The number of aromatic nitrogens is 1. The molecule has 0 fully saturated rings. The predicted octanol–water partition coefficient (Wildman–Crippen LogP) is 0.837. The maximum atomic E-state index is 14.3. The molecule has 0 aliphatic carbocycles. The molecule has 1 atom stereocenters. The summed E-state index contributed by atoms with van der Waals surface area (Å²) in [5.41, 5.74) is -0.280. The van der Waals surface area contributed by atoms with Gasteiger partial charge in [0.15, 0.2) is 11.6 Å². The Bertz CT molecular complexity index is 751. The molecule has 1 aromatic carbocycles. The van der Waals surface area contributed by atoms with Crippen LogP contribution in [0.4, 0.5) is 15.9 Å². The molecule has 2 rings (SSSR count). The van der Waals surface area contributed by atoms with Gasteiger partial charge in [-0.2, -0.15) is 4.98 Å². The number of benzene rings is 1. The molecule has 0 saturated carbocycles. The van der Waals surface area contributed by atoms with Crippen molar-refractivity contribution in [1.29, 1.82) is 0 Å². The molecule has 2 aromatic rings. The van der Waals surface area contributed by atoms with Gasteiger partial charge in [-0.05, 0) is 18.2 Å². The highest BCUT2D eigenvalue weighted by Gasteiger charge is 2.28. The number of hydrogen-bond acceptors (Lipinski definition) is 5. The van der Waals surface area contributed by atoms with E-state index in [4.69, 9.17) is 16.3 Å². The molecule has 11 heteroatoms. The SMILES string of the molecule is COc1nc(N(c2ccccc2Cl)S(=O)O)c(F)cc1B(O)O. The molecular formula is C12H11BClFN2O5S. The van der Waals surface area contributed by atoms with Gasteiger partial charge in [0, 0.05) is 5.46 Å². The number of halogens is 2. The van der Waals surface area contributed by atoms with Gasteiger partial charge in [0.2, 0.25) is 5.88 Å². The highest BCUT2D eigenvalue weighted by molar-refractivity contribution is 7.81. The van der Waals surface area contributed by atoms with E-state index in [2.05, 4.69) is 4.98 Å². The van der Waals surface area contributed by atoms with Gasteiger partial charge in [-0.15, -0.1) is 0 Å². The third-order valence-electron chi connectivity index (χ3n) is 2.84. The van der Waals surface area contributed by atoms with Gasteiger partial charge in [-0.3, -0.25) is 4.55 Å². The molecule has 0 amide bonds. The maximum Gasteiger partial charge on any atom is 0.494 e. The van der Waals surface area contributed by atoms with Gasteiger partial charge < -0.3 is 14.8 Å². The molecule has 0 aliphatic heterocycles. The van der Waals surface area contributed by atoms with Crippen molar-refractivity contribution in [1.82, 2.24) is 4.98 Å². The predicted molar refractivity (Wildman–Crippen MR) is 84.9 cm³/mol. The Balaban J connectivity index is 2.66. The number of para-hydroxylation sites is 1. The first-order valence-corrected chi connectivity index (χ1v) is 7.57. The fourth-order valence-electron chi connectivity index (χ4n) is 1.86. The summed E-state index contributed by atoms with van der Waals surface area (Å²) in [4.78, 5) is 3.75. The number of ether oxygens (including phenoxy) is 1. The van der Waals surface area contributed by atoms with Gasteiger partial charge in [0.05, 0.1) is 17.8 Å². The Morgan fingerprint density at radius 1 is 1.39 bits per heavy atom. The van der Waals surface area contributed by atoms with Gasteiger partial charge in [0.25, 0.3) is 11.3 Å². The first-order chi connectivity index (χ1) is 10.9. The molecule has 1 aromatic heterocycles. The fraction of sp³-hybridized carbons (Fsp3) is 0.0833. The first-order valence-electron chi connectivity index (χ1n) is 6.13. The van der Waals surface area contributed by atoms with Crippen molar-refractivity contribution in [3.05, 3.63) is 41.2 Å². The van der Waals surface area contributed by atoms with Crippen molar-refractivity contribution in [3.63, 3.8) is 0 Å². The van der Waals surface area contributed by atoms with Crippen LogP contribution in [0.25, 0.3) is 0 Å². The molecule has 0 aliphatic rings. The highest BCUT2D eigenvalue weighted by Crippen LogP contribution is 2.33. The molecule has 1 heterocycles. The first kappa shape index (κ1) is 17.6. The Morgan fingerprint density at radius 3 is 2.57 bits per heavy atom. The minimum absolute atomic E-state index is 0.0424. The summed E-state index contributed by atoms with van der Waals surface area (Å²) < 4.78 is 40.9. The number of methoxy groups -OCH3 is 1. The largest absolute Gasteiger partial charge is 0.494 e. The maximum absolute atomic E-state index is 14.3. The van der Waals surface area contributed by atoms with E-state index in [-0.39, 0.29) is 22.1 Å². The molecule has 0 radical (unpaired) electrons. The third-order valence-corrected chi connectivity index (χ3v) is 3.84. The molecule has 0 saturated heterocycles. The van der Waals surface area contributed by atoms with E-state index >= 15 is 0 Å². The van der Waals surface area contributed by atoms with Crippen LogP contribution >= 0.6 is 11.6 Å². The summed E-state index contributed by atoms with van der Waals surface area (Å²) in [6.07, 6.45) is 0. The number of rotatable bonds is 5. The van der Waals surface area contributed by atoms with E-state index in [1.165, 1.54) is 19.2 Å². The number of anilines is 2. The van der Waals surface area contributed by atoms with Gasteiger partial charge in [-0.25, -0.2) is 12.9 Å². The topological polar surface area (TPSA) is 103 Å². The summed E-state index contributed by atoms with van der Waals surface area (Å²) >= 11 is 3.28. The average molecular weight is 361 g/mol. The number of hydrogen-bond donors (Lipinski definition) is 3. The van der Waals surface area contributed by atoms with Crippen LogP contribution in [0.3, 0.4) is 0 Å². The van der Waals surface area contributed by atoms with Crippen LogP contribution in [0.15, 0.2) is 30.3 Å². The molecule has 0 spiro atoms. The lowest BCUT2D eigenvalue weighted by Crippen LogP contribution is -2.33. The van der Waals surface area contributed by atoms with E-state index < -0.39 is 30.0 Å². The van der Waals surface area contributed by atoms with Crippen molar-refractivity contribution in [2.45, 2.75) is 0 Å². The molecule has 3 N–H and O–H groups in total. The van der Waals surface area contributed by atoms with E-state index in [0.29, 0.717) is 4.31 Å². The third kappa shape index (κ3) is 3.62. The van der Waals surface area contributed by atoms with Gasteiger partial charge >= 0.3 is 7.12 Å². The Labute approximate surface area is 138 Å². The standard InChI is InChI=1S/C12H11BClFN2O5S/c1-22-12-7(13(18)19)6-9(15)11(16-12)17(23(20)21)10-5-3-2-4-8(10)14/h2-6,18-19H,1H3,(H,20,21). The summed E-state index contributed by atoms with van der Waals surface area (Å²) in [5.74, 6) is -1.92. The van der Waals surface area contributed by atoms with Crippen LogP contribution in [-0.2, 0) is 11.3 Å². The molecule has 7 nitrogen and oxygen atoms in total. The minimum atomic E-state index is -2.69. The molecule has 0 bridgehead atoms. The lowest BCUT2D eigenvalue weighted by Gasteiger charge is -2.21. The summed E-state index contributed by atoms with van der Waals surface area (Å²) in [5, 5.41) is 18.5. The molecule has 1 unspecified atom stereocenters. The van der Waals surface area contributed by atoms with Crippen molar-refractivity contribution in [2.75, 3.05) is 11.4 Å². The zero-order valence-electron chi connectivity index (χ0n) is 11.7. The fourth-order valence-corrected chi connectivity index (χ4v) is 2.73. The second-order valence-corrected chi connectivity index (χ2v) is 5.48. The Hall–Kier alpha value is -1.72. The zero-order chi connectivity index (χ0) is 17.1. The molecular weight excluding hydrogens is 349 g/mol. The summed E-state index contributed by atoms with van der Waals surface area (Å²) in [7, 11) is -0.833. The van der Waals surface area contributed by atoms with Crippen LogP contribution < -0.4 is 14.5 Å². The highest BCUT2D eigenvalue weighted by atomic mass is 35.5. The quantitative estimate of drug-likeness (QED) is 0.539. The van der Waals surface area contributed by atoms with Crippen molar-refractivity contribution >= 4 is 47.0 Å². The van der Waals surface area contributed by atoms with Crippen molar-refractivity contribution < 1.29 is 27.9 Å². The molecule has 23 heavy (non-hydrogen) atoms. The summed E-state index contributed by atoms with van der Waals surface area (Å²) in [6, 6.07) is 6.75. The van der Waals surface area contributed by atoms with Crippen LogP contribution in [-0.4, -0.2) is 38.0 Å². The normalized spacial score (nSPS) is 11.9. The zero-order valence-corrected chi connectivity index (χ0v) is 13.3. The second-order valence-electron chi connectivity index (χ2n) is 4.24. The smallest absolute Gasteiger partial charge is 0.481 e. The molecule has 122 valence electrons. The monoisotopic (exact) mass is 360 g/mol. The second kappa shape index (κ2) is 7.24. The van der Waals surface area contributed by atoms with Gasteiger partial charge in [0.1, 0.15) is 0 Å². The Morgan fingerprint density at radius 2 is 2.04 bits per heavy atom. The lowest BCUT2D eigenvalue weighted by atomic mass is 9.81. The van der Waals surface area contributed by atoms with Gasteiger partial charge in [-0.1, -0.05) is 23.7 Å². The lowest BCUT2D eigenvalue weighted by molar-refractivity contribution is 0.389. The van der Waals surface area contributed by atoms with Crippen molar-refractivity contribution in [3.8, 4) is 5.88 Å². The van der Waals surface area contributed by atoms with Crippen LogP contribution in [0.5, 0.6) is 5.88 Å². The van der Waals surface area contributed by atoms with E-state index in [0.717, 1.165) is 6.07 Å². The van der Waals surface area contributed by atoms with Crippen LogP contribution in [0.1, 0.15) is 0 Å². The minimum Gasteiger partial charge on any atom is -0.481 e. The van der Waals surface area contributed by atoms with E-state index in [9.17, 15) is 23.2 Å².